The van der Waals surface area contributed by atoms with Crippen molar-refractivity contribution in [3.8, 4) is 0 Å². The van der Waals surface area contributed by atoms with E-state index in [1.54, 1.807) is 5.57 Å². The fourth-order valence-electron chi connectivity index (χ4n) is 1.47. The molecule has 0 aliphatic carbocycles. The van der Waals surface area contributed by atoms with Gasteiger partial charge in [0, 0.05) is 0 Å². The van der Waals surface area contributed by atoms with E-state index in [1.165, 1.54) is 38.5 Å². The van der Waals surface area contributed by atoms with Crippen LogP contribution in [0.2, 0.25) is 0 Å². The summed E-state index contributed by atoms with van der Waals surface area (Å²) in [6.45, 7) is 5.28. The Kier molecular flexibility index (Phi) is 9.56. The van der Waals surface area contributed by atoms with Gasteiger partial charge in [0.15, 0.2) is 0 Å². The first-order valence-corrected chi connectivity index (χ1v) is 5.73. The normalized spacial score (nSPS) is 12.1. The topological polar surface area (TPSA) is 26.0 Å². The Labute approximate surface area is 83.4 Å². The van der Waals surface area contributed by atoms with E-state index in [9.17, 15) is 0 Å². The number of nitrogens with two attached hydrogens (primary N) is 1. The van der Waals surface area contributed by atoms with Crippen molar-refractivity contribution in [2.24, 2.45) is 5.73 Å². The molecule has 13 heavy (non-hydrogen) atoms. The minimum absolute atomic E-state index is 0.807. The molecule has 0 bridgehead atoms. The van der Waals surface area contributed by atoms with Crippen molar-refractivity contribution in [1.29, 1.82) is 0 Å². The third-order valence-corrected chi connectivity index (χ3v) is 2.29. The summed E-state index contributed by atoms with van der Waals surface area (Å²) in [5, 5.41) is 0. The van der Waals surface area contributed by atoms with Crippen LogP contribution in [0, 0.1) is 0 Å². The standard InChI is InChI=1S/C12H25N/c1-3-5-7-9-12(10-11-13)8-6-4-2/h8H,3-7,9-11,13H2,1-2H3/b12-8-. The molecule has 0 radical (unpaired) electrons. The third kappa shape index (κ3) is 8.04. The van der Waals surface area contributed by atoms with E-state index in [0.29, 0.717) is 0 Å². The van der Waals surface area contributed by atoms with Crippen LogP contribution >= 0.6 is 0 Å². The molecule has 0 saturated heterocycles. The van der Waals surface area contributed by atoms with E-state index in [0.717, 1.165) is 13.0 Å². The summed E-state index contributed by atoms with van der Waals surface area (Å²) in [4.78, 5) is 0. The number of hydrogen-bond donors (Lipinski definition) is 1. The van der Waals surface area contributed by atoms with Crippen LogP contribution in [-0.4, -0.2) is 6.54 Å². The molecular weight excluding hydrogens is 158 g/mol. The van der Waals surface area contributed by atoms with E-state index < -0.39 is 0 Å². The predicted molar refractivity (Wildman–Crippen MR) is 60.8 cm³/mol. The van der Waals surface area contributed by atoms with Gasteiger partial charge in [-0.2, -0.15) is 0 Å². The van der Waals surface area contributed by atoms with Crippen LogP contribution < -0.4 is 5.73 Å². The zero-order valence-electron chi connectivity index (χ0n) is 9.31. The minimum atomic E-state index is 0.807. The lowest BCUT2D eigenvalue weighted by molar-refractivity contribution is 0.692. The highest BCUT2D eigenvalue weighted by atomic mass is 14.5. The maximum Gasteiger partial charge on any atom is -0.00399 e. The van der Waals surface area contributed by atoms with Crippen LogP contribution in [0.15, 0.2) is 11.6 Å². The lowest BCUT2D eigenvalue weighted by Gasteiger charge is -2.05. The molecular formula is C12H25N. The smallest absolute Gasteiger partial charge is 0.00399 e. The van der Waals surface area contributed by atoms with Gasteiger partial charge >= 0.3 is 0 Å². The molecule has 0 atom stereocenters. The van der Waals surface area contributed by atoms with Gasteiger partial charge in [0.2, 0.25) is 0 Å². The predicted octanol–water partition coefficient (Wildman–Crippen LogP) is 3.64. The first-order chi connectivity index (χ1) is 6.35. The van der Waals surface area contributed by atoms with Crippen molar-refractivity contribution in [3.63, 3.8) is 0 Å². The van der Waals surface area contributed by atoms with Crippen molar-refractivity contribution in [2.75, 3.05) is 6.54 Å². The Morgan fingerprint density at radius 3 is 2.38 bits per heavy atom. The fourth-order valence-corrected chi connectivity index (χ4v) is 1.47. The van der Waals surface area contributed by atoms with Gasteiger partial charge in [-0.05, 0) is 32.2 Å². The monoisotopic (exact) mass is 183 g/mol. The lowest BCUT2D eigenvalue weighted by atomic mass is 10.0. The van der Waals surface area contributed by atoms with Crippen LogP contribution in [-0.2, 0) is 0 Å². The van der Waals surface area contributed by atoms with E-state index in [1.807, 2.05) is 0 Å². The third-order valence-electron chi connectivity index (χ3n) is 2.29. The zero-order chi connectivity index (χ0) is 9.94. The summed E-state index contributed by atoms with van der Waals surface area (Å²) in [6, 6.07) is 0. The first kappa shape index (κ1) is 12.7. The van der Waals surface area contributed by atoms with Gasteiger partial charge in [0.25, 0.3) is 0 Å². The van der Waals surface area contributed by atoms with Gasteiger partial charge in [-0.3, -0.25) is 0 Å². The molecule has 0 unspecified atom stereocenters. The summed E-state index contributed by atoms with van der Waals surface area (Å²) in [6.07, 6.45) is 11.2. The number of unbranched alkanes of at least 4 members (excludes halogenated alkanes) is 3. The second-order valence-electron chi connectivity index (χ2n) is 3.65. The second-order valence-corrected chi connectivity index (χ2v) is 3.65. The molecule has 0 aliphatic heterocycles. The molecule has 0 aromatic carbocycles. The van der Waals surface area contributed by atoms with E-state index in [2.05, 4.69) is 19.9 Å². The Balaban J connectivity index is 3.65. The van der Waals surface area contributed by atoms with Crippen molar-refractivity contribution >= 4 is 0 Å². The Morgan fingerprint density at radius 2 is 1.85 bits per heavy atom. The molecule has 0 aliphatic rings. The Morgan fingerprint density at radius 1 is 1.08 bits per heavy atom. The van der Waals surface area contributed by atoms with Gasteiger partial charge < -0.3 is 5.73 Å². The highest BCUT2D eigenvalue weighted by Crippen LogP contribution is 2.13. The number of allylic oxidation sites excluding steroid dienone is 1. The maximum absolute atomic E-state index is 5.56. The van der Waals surface area contributed by atoms with Gasteiger partial charge in [0.05, 0.1) is 0 Å². The molecule has 0 aromatic heterocycles. The molecule has 0 saturated carbocycles. The molecule has 0 amide bonds. The van der Waals surface area contributed by atoms with Crippen molar-refractivity contribution in [1.82, 2.24) is 0 Å². The molecule has 0 aromatic rings. The Bertz CT molecular complexity index is 127. The van der Waals surface area contributed by atoms with Gasteiger partial charge in [-0.15, -0.1) is 0 Å². The minimum Gasteiger partial charge on any atom is -0.330 e. The summed E-state index contributed by atoms with van der Waals surface area (Å²) in [5.74, 6) is 0. The van der Waals surface area contributed by atoms with Crippen LogP contribution in [0.3, 0.4) is 0 Å². The van der Waals surface area contributed by atoms with E-state index >= 15 is 0 Å². The fraction of sp³-hybridized carbons (Fsp3) is 0.833. The highest BCUT2D eigenvalue weighted by Gasteiger charge is 1.95. The Hall–Kier alpha value is -0.300. The van der Waals surface area contributed by atoms with E-state index in [4.69, 9.17) is 5.73 Å². The van der Waals surface area contributed by atoms with Crippen LogP contribution in [0.1, 0.15) is 58.8 Å². The average Bonchev–Trinajstić information content (AvgIpc) is 2.14. The largest absolute Gasteiger partial charge is 0.330 e. The quantitative estimate of drug-likeness (QED) is 0.451. The molecule has 78 valence electrons. The van der Waals surface area contributed by atoms with Crippen LogP contribution in [0.5, 0.6) is 0 Å². The first-order valence-electron chi connectivity index (χ1n) is 5.73. The van der Waals surface area contributed by atoms with Gasteiger partial charge in [0.1, 0.15) is 0 Å². The van der Waals surface area contributed by atoms with Gasteiger partial charge in [-0.25, -0.2) is 0 Å². The summed E-state index contributed by atoms with van der Waals surface area (Å²) in [7, 11) is 0. The molecule has 1 nitrogen and oxygen atoms in total. The highest BCUT2D eigenvalue weighted by molar-refractivity contribution is 5.02. The second kappa shape index (κ2) is 9.79. The SMILES string of the molecule is CCC/C=C(\CCN)CCCCC. The molecule has 0 spiro atoms. The summed E-state index contributed by atoms with van der Waals surface area (Å²) < 4.78 is 0. The number of hydrogen-bond acceptors (Lipinski definition) is 1. The summed E-state index contributed by atoms with van der Waals surface area (Å²) in [5.41, 5.74) is 7.15. The van der Waals surface area contributed by atoms with Crippen LogP contribution in [0.25, 0.3) is 0 Å². The lowest BCUT2D eigenvalue weighted by Crippen LogP contribution is -2.00. The number of rotatable bonds is 8. The van der Waals surface area contributed by atoms with E-state index in [-0.39, 0.29) is 0 Å². The van der Waals surface area contributed by atoms with Gasteiger partial charge in [-0.1, -0.05) is 44.8 Å². The summed E-state index contributed by atoms with van der Waals surface area (Å²) >= 11 is 0. The molecule has 2 N–H and O–H groups in total. The molecule has 0 fully saturated rings. The van der Waals surface area contributed by atoms with Crippen LogP contribution in [0.4, 0.5) is 0 Å². The van der Waals surface area contributed by atoms with Crippen molar-refractivity contribution in [2.45, 2.75) is 58.8 Å². The maximum atomic E-state index is 5.56. The molecule has 1 heteroatoms. The van der Waals surface area contributed by atoms with Crippen molar-refractivity contribution in [3.05, 3.63) is 11.6 Å². The molecule has 0 heterocycles. The zero-order valence-corrected chi connectivity index (χ0v) is 9.31. The van der Waals surface area contributed by atoms with Crippen molar-refractivity contribution < 1.29 is 0 Å². The molecule has 0 rings (SSSR count). The average molecular weight is 183 g/mol.